The number of likely N-dealkylation sites (N-methyl/N-ethyl adjacent to an activating group) is 1. The van der Waals surface area contributed by atoms with E-state index in [0.29, 0.717) is 10.8 Å². The molecular formula is C19H40N2. The van der Waals surface area contributed by atoms with Gasteiger partial charge in [-0.05, 0) is 42.6 Å². The Balaban J connectivity index is 3.04. The molecule has 0 aromatic carbocycles. The molecule has 0 spiro atoms. The molecule has 126 valence electrons. The highest BCUT2D eigenvalue weighted by molar-refractivity contribution is 5.04. The standard InChI is InChI=1S/C19H40N2/c1-8-16(9-2)11-21(10-3)19(15-20)13-17(4,5)12-18(6,7)14-19/h16H,8-15,20H2,1-7H3. The second-order valence-electron chi connectivity index (χ2n) is 9.01. The van der Waals surface area contributed by atoms with Crippen LogP contribution in [0.25, 0.3) is 0 Å². The minimum atomic E-state index is 0.197. The zero-order valence-electron chi connectivity index (χ0n) is 15.8. The monoisotopic (exact) mass is 296 g/mol. The summed E-state index contributed by atoms with van der Waals surface area (Å²) in [5.41, 5.74) is 7.35. The molecule has 0 heterocycles. The van der Waals surface area contributed by atoms with Crippen LogP contribution in [-0.4, -0.2) is 30.1 Å². The molecule has 1 aliphatic rings. The third-order valence-electron chi connectivity index (χ3n) is 5.64. The SMILES string of the molecule is CCC(CC)CN(CC)C1(CN)CC(C)(C)CC(C)(C)C1. The van der Waals surface area contributed by atoms with Gasteiger partial charge in [0.1, 0.15) is 0 Å². The highest BCUT2D eigenvalue weighted by Gasteiger charge is 2.49. The highest BCUT2D eigenvalue weighted by Crippen LogP contribution is 2.52. The van der Waals surface area contributed by atoms with E-state index in [1.165, 1.54) is 38.6 Å². The van der Waals surface area contributed by atoms with Crippen LogP contribution in [0.1, 0.15) is 80.6 Å². The van der Waals surface area contributed by atoms with Gasteiger partial charge in [0.25, 0.3) is 0 Å². The third kappa shape index (κ3) is 4.69. The van der Waals surface area contributed by atoms with E-state index in [4.69, 9.17) is 5.73 Å². The molecule has 0 atom stereocenters. The Kier molecular flexibility index (Phi) is 6.32. The van der Waals surface area contributed by atoms with Gasteiger partial charge in [0, 0.05) is 18.6 Å². The Bertz CT molecular complexity index is 300. The van der Waals surface area contributed by atoms with Gasteiger partial charge < -0.3 is 5.73 Å². The van der Waals surface area contributed by atoms with E-state index >= 15 is 0 Å². The van der Waals surface area contributed by atoms with Gasteiger partial charge in [-0.25, -0.2) is 0 Å². The molecule has 0 aliphatic heterocycles. The number of rotatable bonds is 7. The maximum absolute atomic E-state index is 6.37. The van der Waals surface area contributed by atoms with Gasteiger partial charge in [-0.2, -0.15) is 0 Å². The van der Waals surface area contributed by atoms with Crippen LogP contribution in [0.5, 0.6) is 0 Å². The molecule has 1 saturated carbocycles. The molecule has 2 heteroatoms. The minimum Gasteiger partial charge on any atom is -0.329 e. The molecule has 0 bridgehead atoms. The van der Waals surface area contributed by atoms with Crippen molar-refractivity contribution in [3.05, 3.63) is 0 Å². The third-order valence-corrected chi connectivity index (χ3v) is 5.64. The normalized spacial score (nSPS) is 23.7. The van der Waals surface area contributed by atoms with E-state index in [1.54, 1.807) is 0 Å². The molecule has 0 aromatic heterocycles. The number of hydrogen-bond donors (Lipinski definition) is 1. The summed E-state index contributed by atoms with van der Waals surface area (Å²) in [6.45, 7) is 19.8. The van der Waals surface area contributed by atoms with E-state index in [0.717, 1.165) is 19.0 Å². The lowest BCUT2D eigenvalue weighted by atomic mass is 9.57. The van der Waals surface area contributed by atoms with Crippen molar-refractivity contribution in [2.45, 2.75) is 86.1 Å². The molecule has 0 radical (unpaired) electrons. The summed E-state index contributed by atoms with van der Waals surface area (Å²) in [7, 11) is 0. The van der Waals surface area contributed by atoms with Crippen molar-refractivity contribution in [3.8, 4) is 0 Å². The summed E-state index contributed by atoms with van der Waals surface area (Å²) in [6.07, 6.45) is 6.35. The van der Waals surface area contributed by atoms with Gasteiger partial charge >= 0.3 is 0 Å². The number of hydrogen-bond acceptors (Lipinski definition) is 2. The first-order chi connectivity index (χ1) is 9.63. The Hall–Kier alpha value is -0.0800. The van der Waals surface area contributed by atoms with Crippen molar-refractivity contribution in [2.75, 3.05) is 19.6 Å². The second-order valence-corrected chi connectivity index (χ2v) is 9.01. The van der Waals surface area contributed by atoms with Crippen molar-refractivity contribution < 1.29 is 0 Å². The fourth-order valence-electron chi connectivity index (χ4n) is 5.28. The molecule has 21 heavy (non-hydrogen) atoms. The summed E-state index contributed by atoms with van der Waals surface area (Å²) in [6, 6.07) is 0. The first-order valence-corrected chi connectivity index (χ1v) is 9.09. The van der Waals surface area contributed by atoms with Gasteiger partial charge in [-0.1, -0.05) is 61.3 Å². The van der Waals surface area contributed by atoms with Crippen molar-refractivity contribution in [3.63, 3.8) is 0 Å². The average molecular weight is 297 g/mol. The Morgan fingerprint density at radius 2 is 1.38 bits per heavy atom. The van der Waals surface area contributed by atoms with Gasteiger partial charge in [-0.15, -0.1) is 0 Å². The predicted octanol–water partition coefficient (Wildman–Crippen LogP) is 4.68. The number of nitrogens with zero attached hydrogens (tertiary/aromatic N) is 1. The van der Waals surface area contributed by atoms with Crippen molar-refractivity contribution >= 4 is 0 Å². The zero-order valence-corrected chi connectivity index (χ0v) is 15.8. The van der Waals surface area contributed by atoms with Crippen LogP contribution in [0.4, 0.5) is 0 Å². The molecular weight excluding hydrogens is 256 g/mol. The lowest BCUT2D eigenvalue weighted by Gasteiger charge is -2.56. The predicted molar refractivity (Wildman–Crippen MR) is 94.5 cm³/mol. The molecule has 0 amide bonds. The molecule has 2 N–H and O–H groups in total. The summed E-state index contributed by atoms with van der Waals surface area (Å²) in [5.74, 6) is 0.807. The maximum atomic E-state index is 6.37. The van der Waals surface area contributed by atoms with Gasteiger partial charge in [0.05, 0.1) is 0 Å². The number of nitrogens with two attached hydrogens (primary N) is 1. The van der Waals surface area contributed by atoms with Crippen molar-refractivity contribution in [2.24, 2.45) is 22.5 Å². The molecule has 0 unspecified atom stereocenters. The van der Waals surface area contributed by atoms with Crippen molar-refractivity contribution in [1.29, 1.82) is 0 Å². The molecule has 2 nitrogen and oxygen atoms in total. The summed E-state index contributed by atoms with van der Waals surface area (Å²) in [4.78, 5) is 2.73. The average Bonchev–Trinajstić information content (AvgIpc) is 2.36. The van der Waals surface area contributed by atoms with E-state index in [1.807, 2.05) is 0 Å². The van der Waals surface area contributed by atoms with E-state index in [-0.39, 0.29) is 5.54 Å². The quantitative estimate of drug-likeness (QED) is 0.739. The Morgan fingerprint density at radius 1 is 0.905 bits per heavy atom. The summed E-state index contributed by atoms with van der Waals surface area (Å²) < 4.78 is 0. The summed E-state index contributed by atoms with van der Waals surface area (Å²) in [5, 5.41) is 0. The van der Waals surface area contributed by atoms with Crippen LogP contribution in [0.3, 0.4) is 0 Å². The lowest BCUT2D eigenvalue weighted by Crippen LogP contribution is -2.61. The smallest absolute Gasteiger partial charge is 0.0341 e. The molecule has 0 aromatic rings. The van der Waals surface area contributed by atoms with Gasteiger partial charge in [0.2, 0.25) is 0 Å². The largest absolute Gasteiger partial charge is 0.329 e. The van der Waals surface area contributed by atoms with Gasteiger partial charge in [0.15, 0.2) is 0 Å². The van der Waals surface area contributed by atoms with E-state index < -0.39 is 0 Å². The highest BCUT2D eigenvalue weighted by atomic mass is 15.2. The molecule has 0 saturated heterocycles. The van der Waals surface area contributed by atoms with Crippen LogP contribution >= 0.6 is 0 Å². The minimum absolute atomic E-state index is 0.197. The zero-order chi connectivity index (χ0) is 16.3. The molecule has 1 rings (SSSR count). The Morgan fingerprint density at radius 3 is 1.71 bits per heavy atom. The molecule has 1 fully saturated rings. The van der Waals surface area contributed by atoms with Crippen LogP contribution in [0.2, 0.25) is 0 Å². The van der Waals surface area contributed by atoms with Crippen LogP contribution in [-0.2, 0) is 0 Å². The van der Waals surface area contributed by atoms with E-state index in [2.05, 4.69) is 53.4 Å². The van der Waals surface area contributed by atoms with E-state index in [9.17, 15) is 0 Å². The van der Waals surface area contributed by atoms with Crippen molar-refractivity contribution in [1.82, 2.24) is 4.90 Å². The first kappa shape index (κ1) is 19.0. The van der Waals surface area contributed by atoms with Crippen LogP contribution in [0.15, 0.2) is 0 Å². The second kappa shape index (κ2) is 7.00. The maximum Gasteiger partial charge on any atom is 0.0341 e. The van der Waals surface area contributed by atoms with Crippen LogP contribution < -0.4 is 5.73 Å². The fourth-order valence-corrected chi connectivity index (χ4v) is 5.28. The topological polar surface area (TPSA) is 29.3 Å². The first-order valence-electron chi connectivity index (χ1n) is 9.09. The Labute approximate surface area is 133 Å². The fraction of sp³-hybridized carbons (Fsp3) is 1.00. The summed E-state index contributed by atoms with van der Waals surface area (Å²) >= 11 is 0. The van der Waals surface area contributed by atoms with Crippen LogP contribution in [0, 0.1) is 16.7 Å². The van der Waals surface area contributed by atoms with Gasteiger partial charge in [-0.3, -0.25) is 4.90 Å². The lowest BCUT2D eigenvalue weighted by molar-refractivity contribution is -0.0478. The molecule has 1 aliphatic carbocycles.